The molecule has 2 aliphatic heterocycles. The second kappa shape index (κ2) is 2.98. The Balaban J connectivity index is 2.07. The number of anilines is 2. The first-order chi connectivity index (χ1) is 7.62. The highest BCUT2D eigenvalue weighted by Crippen LogP contribution is 2.36. The van der Waals surface area contributed by atoms with E-state index in [1.807, 2.05) is 14.0 Å². The SMILES string of the molecule is Cc1nn(C)c2c1NC(=O)C1(CCOC1)N2. The molecule has 1 unspecified atom stereocenters. The lowest BCUT2D eigenvalue weighted by molar-refractivity contribution is -0.120. The van der Waals surface area contributed by atoms with Crippen LogP contribution in [-0.2, 0) is 16.6 Å². The summed E-state index contributed by atoms with van der Waals surface area (Å²) in [5.41, 5.74) is 1.00. The average molecular weight is 222 g/mol. The number of amides is 1. The molecule has 6 nitrogen and oxygen atoms in total. The molecule has 0 saturated carbocycles. The van der Waals surface area contributed by atoms with E-state index in [4.69, 9.17) is 4.74 Å². The van der Waals surface area contributed by atoms with Gasteiger partial charge in [-0.25, -0.2) is 0 Å². The Bertz CT molecular complexity index is 460. The Labute approximate surface area is 93.0 Å². The summed E-state index contributed by atoms with van der Waals surface area (Å²) < 4.78 is 7.07. The largest absolute Gasteiger partial charge is 0.378 e. The highest BCUT2D eigenvalue weighted by molar-refractivity contribution is 6.06. The lowest BCUT2D eigenvalue weighted by atomic mass is 9.95. The van der Waals surface area contributed by atoms with E-state index in [0.717, 1.165) is 17.2 Å². The van der Waals surface area contributed by atoms with Crippen molar-refractivity contribution in [1.82, 2.24) is 9.78 Å². The molecule has 16 heavy (non-hydrogen) atoms. The third-order valence-corrected chi connectivity index (χ3v) is 3.27. The van der Waals surface area contributed by atoms with E-state index in [2.05, 4.69) is 15.7 Å². The number of fused-ring (bicyclic) bond motifs is 1. The molecule has 3 heterocycles. The van der Waals surface area contributed by atoms with Gasteiger partial charge in [-0.1, -0.05) is 0 Å². The quantitative estimate of drug-likeness (QED) is 0.660. The van der Waals surface area contributed by atoms with Crippen LogP contribution in [-0.4, -0.2) is 34.4 Å². The predicted molar refractivity (Wildman–Crippen MR) is 58.4 cm³/mol. The van der Waals surface area contributed by atoms with E-state index in [1.54, 1.807) is 4.68 Å². The minimum Gasteiger partial charge on any atom is -0.378 e. The second-order valence-corrected chi connectivity index (χ2v) is 4.40. The number of hydrogen-bond acceptors (Lipinski definition) is 4. The number of nitrogens with one attached hydrogen (secondary N) is 2. The van der Waals surface area contributed by atoms with Crippen molar-refractivity contribution in [3.63, 3.8) is 0 Å². The van der Waals surface area contributed by atoms with Gasteiger partial charge in [0.25, 0.3) is 5.91 Å². The average Bonchev–Trinajstić information content (AvgIpc) is 2.79. The topological polar surface area (TPSA) is 68.2 Å². The Morgan fingerprint density at radius 1 is 1.56 bits per heavy atom. The highest BCUT2D eigenvalue weighted by atomic mass is 16.5. The smallest absolute Gasteiger partial charge is 0.252 e. The molecule has 1 spiro atoms. The zero-order chi connectivity index (χ0) is 11.3. The van der Waals surface area contributed by atoms with Crippen molar-refractivity contribution in [2.45, 2.75) is 18.9 Å². The Morgan fingerprint density at radius 2 is 2.38 bits per heavy atom. The van der Waals surface area contributed by atoms with Crippen LogP contribution in [0.1, 0.15) is 12.1 Å². The molecule has 2 aliphatic rings. The van der Waals surface area contributed by atoms with Crippen LogP contribution in [0.25, 0.3) is 0 Å². The van der Waals surface area contributed by atoms with Crippen molar-refractivity contribution in [2.24, 2.45) is 7.05 Å². The second-order valence-electron chi connectivity index (χ2n) is 4.40. The van der Waals surface area contributed by atoms with Crippen molar-refractivity contribution in [2.75, 3.05) is 23.8 Å². The summed E-state index contributed by atoms with van der Waals surface area (Å²) in [5, 5.41) is 10.5. The summed E-state index contributed by atoms with van der Waals surface area (Å²) in [6.45, 7) is 2.92. The van der Waals surface area contributed by atoms with Gasteiger partial charge in [0, 0.05) is 20.1 Å². The number of carbonyl (C=O) groups excluding carboxylic acids is 1. The van der Waals surface area contributed by atoms with Crippen molar-refractivity contribution in [1.29, 1.82) is 0 Å². The van der Waals surface area contributed by atoms with Gasteiger partial charge in [0.2, 0.25) is 0 Å². The van der Waals surface area contributed by atoms with Crippen LogP contribution >= 0.6 is 0 Å². The molecule has 0 bridgehead atoms. The van der Waals surface area contributed by atoms with Crippen molar-refractivity contribution in [3.8, 4) is 0 Å². The summed E-state index contributed by atoms with van der Waals surface area (Å²) in [6, 6.07) is 0. The van der Waals surface area contributed by atoms with Gasteiger partial charge in [-0.15, -0.1) is 0 Å². The monoisotopic (exact) mass is 222 g/mol. The van der Waals surface area contributed by atoms with Gasteiger partial charge in [0.15, 0.2) is 0 Å². The van der Waals surface area contributed by atoms with E-state index < -0.39 is 5.54 Å². The lowest BCUT2D eigenvalue weighted by Gasteiger charge is -2.33. The molecule has 86 valence electrons. The number of aryl methyl sites for hydroxylation is 2. The van der Waals surface area contributed by atoms with E-state index in [0.29, 0.717) is 19.6 Å². The molecule has 0 aliphatic carbocycles. The van der Waals surface area contributed by atoms with Crippen LogP contribution in [0.2, 0.25) is 0 Å². The van der Waals surface area contributed by atoms with Crippen molar-refractivity contribution < 1.29 is 9.53 Å². The van der Waals surface area contributed by atoms with Gasteiger partial charge in [0.05, 0.1) is 12.3 Å². The molecule has 1 atom stereocenters. The predicted octanol–water partition coefficient (Wildman–Crippen LogP) is 0.252. The van der Waals surface area contributed by atoms with Crippen molar-refractivity contribution in [3.05, 3.63) is 5.69 Å². The van der Waals surface area contributed by atoms with Gasteiger partial charge in [-0.05, 0) is 6.92 Å². The number of nitrogens with zero attached hydrogens (tertiary/aromatic N) is 2. The summed E-state index contributed by atoms with van der Waals surface area (Å²) in [4.78, 5) is 12.1. The van der Waals surface area contributed by atoms with Crippen LogP contribution in [0.5, 0.6) is 0 Å². The van der Waals surface area contributed by atoms with Crippen LogP contribution in [0.4, 0.5) is 11.5 Å². The first-order valence-electron chi connectivity index (χ1n) is 5.33. The molecule has 2 N–H and O–H groups in total. The maximum absolute atomic E-state index is 12.1. The van der Waals surface area contributed by atoms with Gasteiger partial charge in [0.1, 0.15) is 17.0 Å². The van der Waals surface area contributed by atoms with Crippen molar-refractivity contribution >= 4 is 17.4 Å². The van der Waals surface area contributed by atoms with Crippen LogP contribution < -0.4 is 10.6 Å². The summed E-state index contributed by atoms with van der Waals surface area (Å²) in [7, 11) is 1.86. The fraction of sp³-hybridized carbons (Fsp3) is 0.600. The molecule has 0 radical (unpaired) electrons. The summed E-state index contributed by atoms with van der Waals surface area (Å²) >= 11 is 0. The molecule has 1 fully saturated rings. The molecule has 1 saturated heterocycles. The molecule has 6 heteroatoms. The molecular formula is C10H14N4O2. The van der Waals surface area contributed by atoms with E-state index in [-0.39, 0.29) is 5.91 Å². The van der Waals surface area contributed by atoms with Gasteiger partial charge < -0.3 is 15.4 Å². The Morgan fingerprint density at radius 3 is 3.06 bits per heavy atom. The molecule has 1 amide bonds. The molecule has 1 aromatic heterocycles. The maximum Gasteiger partial charge on any atom is 0.252 e. The third-order valence-electron chi connectivity index (χ3n) is 3.27. The Hall–Kier alpha value is -1.56. The van der Waals surface area contributed by atoms with Gasteiger partial charge in [-0.3, -0.25) is 9.48 Å². The summed E-state index contributed by atoms with van der Waals surface area (Å²) in [6.07, 6.45) is 0.697. The summed E-state index contributed by atoms with van der Waals surface area (Å²) in [5.74, 6) is 0.844. The number of ether oxygens (including phenoxy) is 1. The maximum atomic E-state index is 12.1. The lowest BCUT2D eigenvalue weighted by Crippen LogP contribution is -2.53. The minimum absolute atomic E-state index is 0.0198. The first kappa shape index (κ1) is 9.65. The zero-order valence-corrected chi connectivity index (χ0v) is 9.33. The van der Waals surface area contributed by atoms with Crippen LogP contribution in [0.3, 0.4) is 0 Å². The normalized spacial score (nSPS) is 27.8. The molecule has 1 aromatic rings. The zero-order valence-electron chi connectivity index (χ0n) is 9.33. The fourth-order valence-electron chi connectivity index (χ4n) is 2.31. The van der Waals surface area contributed by atoms with E-state index in [1.165, 1.54) is 0 Å². The Kier molecular flexibility index (Phi) is 1.79. The highest BCUT2D eigenvalue weighted by Gasteiger charge is 2.46. The van der Waals surface area contributed by atoms with Gasteiger partial charge >= 0.3 is 0 Å². The standard InChI is InChI=1S/C10H14N4O2/c1-6-7-8(14(2)13-6)12-10(9(15)11-7)3-4-16-5-10/h12H,3-5H2,1-2H3,(H,11,15). The fourth-order valence-corrected chi connectivity index (χ4v) is 2.31. The first-order valence-corrected chi connectivity index (χ1v) is 5.33. The number of rotatable bonds is 0. The third kappa shape index (κ3) is 1.10. The molecular weight excluding hydrogens is 208 g/mol. The number of aromatic nitrogens is 2. The van der Waals surface area contributed by atoms with Gasteiger partial charge in [-0.2, -0.15) is 5.10 Å². The number of hydrogen-bond donors (Lipinski definition) is 2. The minimum atomic E-state index is -0.604. The van der Waals surface area contributed by atoms with Crippen LogP contribution in [0, 0.1) is 6.92 Å². The van der Waals surface area contributed by atoms with E-state index in [9.17, 15) is 4.79 Å². The van der Waals surface area contributed by atoms with Crippen LogP contribution in [0.15, 0.2) is 0 Å². The molecule has 3 rings (SSSR count). The number of carbonyl (C=O) groups is 1. The van der Waals surface area contributed by atoms with E-state index >= 15 is 0 Å². The molecule has 0 aromatic carbocycles.